The first-order valence-electron chi connectivity index (χ1n) is 7.21. The first-order valence-corrected chi connectivity index (χ1v) is 7.21. The summed E-state index contributed by atoms with van der Waals surface area (Å²) < 4.78 is 0. The minimum absolute atomic E-state index is 0.206. The number of hydrogen-bond donors (Lipinski definition) is 2. The third-order valence-corrected chi connectivity index (χ3v) is 3.44. The summed E-state index contributed by atoms with van der Waals surface area (Å²) in [5, 5.41) is 5.37. The predicted molar refractivity (Wildman–Crippen MR) is 76.0 cm³/mol. The average molecular weight is 283 g/mol. The summed E-state index contributed by atoms with van der Waals surface area (Å²) in [6.07, 6.45) is 2.25. The van der Waals surface area contributed by atoms with Crippen LogP contribution in [0.2, 0.25) is 0 Å². The molecule has 1 aliphatic heterocycles. The van der Waals surface area contributed by atoms with Crippen LogP contribution in [0.3, 0.4) is 0 Å². The summed E-state index contributed by atoms with van der Waals surface area (Å²) in [7, 11) is 0. The fraction of sp³-hybridized carbons (Fsp3) is 0.786. The van der Waals surface area contributed by atoms with E-state index in [-0.39, 0.29) is 18.4 Å². The molecule has 0 aliphatic carbocycles. The van der Waals surface area contributed by atoms with Crippen LogP contribution in [0, 0.1) is 5.92 Å². The highest BCUT2D eigenvalue weighted by Crippen LogP contribution is 2.24. The molecule has 1 atom stereocenters. The van der Waals surface area contributed by atoms with Crippen molar-refractivity contribution in [3.8, 4) is 0 Å². The maximum atomic E-state index is 12.3. The van der Waals surface area contributed by atoms with E-state index in [0.29, 0.717) is 18.9 Å². The topological polar surface area (TPSA) is 78.5 Å². The lowest BCUT2D eigenvalue weighted by atomic mass is 9.92. The van der Waals surface area contributed by atoms with E-state index in [1.165, 1.54) is 0 Å². The second-order valence-corrected chi connectivity index (χ2v) is 5.94. The Morgan fingerprint density at radius 2 is 2.05 bits per heavy atom. The van der Waals surface area contributed by atoms with E-state index in [4.69, 9.17) is 0 Å². The van der Waals surface area contributed by atoms with Crippen LogP contribution in [-0.4, -0.2) is 41.4 Å². The van der Waals surface area contributed by atoms with E-state index >= 15 is 0 Å². The Kier molecular flexibility index (Phi) is 5.53. The Morgan fingerprint density at radius 3 is 2.60 bits per heavy atom. The quantitative estimate of drug-likeness (QED) is 0.690. The van der Waals surface area contributed by atoms with Crippen LogP contribution in [0.25, 0.3) is 0 Å². The predicted octanol–water partition coefficient (Wildman–Crippen LogP) is 1.26. The van der Waals surface area contributed by atoms with Gasteiger partial charge in [-0.2, -0.15) is 0 Å². The zero-order chi connectivity index (χ0) is 15.3. The van der Waals surface area contributed by atoms with Gasteiger partial charge < -0.3 is 10.6 Å². The van der Waals surface area contributed by atoms with E-state index in [0.717, 1.165) is 17.7 Å². The van der Waals surface area contributed by atoms with Crippen molar-refractivity contribution < 1.29 is 14.4 Å². The number of amides is 4. The third-order valence-electron chi connectivity index (χ3n) is 3.44. The molecule has 1 aliphatic rings. The normalized spacial score (nSPS) is 22.4. The summed E-state index contributed by atoms with van der Waals surface area (Å²) in [5.41, 5.74) is -0.883. The molecular formula is C14H25N3O3. The first kappa shape index (κ1) is 16.5. The molecule has 0 aromatic carbocycles. The molecule has 2 N–H and O–H groups in total. The van der Waals surface area contributed by atoms with Gasteiger partial charge in [0.25, 0.3) is 5.91 Å². The lowest BCUT2D eigenvalue weighted by Gasteiger charge is -2.22. The molecule has 0 saturated carbocycles. The largest absolute Gasteiger partial charge is 0.355 e. The maximum absolute atomic E-state index is 12.3. The molecule has 4 amide bonds. The highest BCUT2D eigenvalue weighted by atomic mass is 16.2. The molecule has 6 heteroatoms. The van der Waals surface area contributed by atoms with Gasteiger partial charge in [-0.05, 0) is 32.1 Å². The van der Waals surface area contributed by atoms with Gasteiger partial charge in [-0.15, -0.1) is 0 Å². The van der Waals surface area contributed by atoms with Gasteiger partial charge in [0.15, 0.2) is 0 Å². The van der Waals surface area contributed by atoms with E-state index in [1.54, 1.807) is 6.92 Å². The Bertz CT molecular complexity index is 395. The lowest BCUT2D eigenvalue weighted by Crippen LogP contribution is -2.45. The van der Waals surface area contributed by atoms with Gasteiger partial charge >= 0.3 is 6.03 Å². The van der Waals surface area contributed by atoms with Gasteiger partial charge in [0, 0.05) is 6.54 Å². The van der Waals surface area contributed by atoms with Crippen LogP contribution in [0.15, 0.2) is 0 Å². The van der Waals surface area contributed by atoms with Crippen LogP contribution in [0.5, 0.6) is 0 Å². The monoisotopic (exact) mass is 283 g/mol. The molecule has 0 spiro atoms. The number of nitrogens with one attached hydrogen (secondary N) is 2. The van der Waals surface area contributed by atoms with Crippen molar-refractivity contribution in [2.75, 3.05) is 13.1 Å². The highest BCUT2D eigenvalue weighted by Gasteiger charge is 2.47. The number of carbonyl (C=O) groups excluding carboxylic acids is 3. The van der Waals surface area contributed by atoms with Gasteiger partial charge in [-0.25, -0.2) is 4.79 Å². The number of rotatable bonds is 7. The van der Waals surface area contributed by atoms with Crippen molar-refractivity contribution in [3.63, 3.8) is 0 Å². The fourth-order valence-corrected chi connectivity index (χ4v) is 2.10. The molecule has 0 unspecified atom stereocenters. The molecule has 6 nitrogen and oxygen atoms in total. The van der Waals surface area contributed by atoms with Crippen molar-refractivity contribution in [1.82, 2.24) is 15.5 Å². The van der Waals surface area contributed by atoms with E-state index < -0.39 is 11.6 Å². The van der Waals surface area contributed by atoms with Crippen molar-refractivity contribution in [3.05, 3.63) is 0 Å². The van der Waals surface area contributed by atoms with Gasteiger partial charge in [0.1, 0.15) is 12.1 Å². The van der Waals surface area contributed by atoms with E-state index in [1.807, 2.05) is 6.92 Å². The molecule has 0 aromatic rings. The standard InChI is InChI=1S/C14H25N3O3/c1-5-8-15-11(18)9-17-12(19)14(4,16-13(17)20)7-6-10(2)3/h10H,5-9H2,1-4H3,(H,15,18)(H,16,20)/t14-/m0/s1. The van der Waals surface area contributed by atoms with Crippen molar-refractivity contribution in [2.24, 2.45) is 5.92 Å². The molecule has 20 heavy (non-hydrogen) atoms. The number of hydrogen-bond acceptors (Lipinski definition) is 3. The van der Waals surface area contributed by atoms with Crippen LogP contribution in [0.1, 0.15) is 47.0 Å². The lowest BCUT2D eigenvalue weighted by molar-refractivity contribution is -0.134. The van der Waals surface area contributed by atoms with Crippen molar-refractivity contribution in [1.29, 1.82) is 0 Å². The Hall–Kier alpha value is -1.59. The van der Waals surface area contributed by atoms with E-state index in [2.05, 4.69) is 24.5 Å². The molecule has 1 rings (SSSR count). The molecule has 114 valence electrons. The Labute approximate surface area is 120 Å². The minimum Gasteiger partial charge on any atom is -0.355 e. The second kappa shape index (κ2) is 6.72. The molecule has 1 fully saturated rings. The van der Waals surface area contributed by atoms with Gasteiger partial charge in [-0.3, -0.25) is 14.5 Å². The Morgan fingerprint density at radius 1 is 1.40 bits per heavy atom. The molecule has 0 radical (unpaired) electrons. The minimum atomic E-state index is -0.883. The smallest absolute Gasteiger partial charge is 0.325 e. The first-order chi connectivity index (χ1) is 9.30. The molecule has 0 aromatic heterocycles. The van der Waals surface area contributed by atoms with Crippen molar-refractivity contribution >= 4 is 17.8 Å². The van der Waals surface area contributed by atoms with Gasteiger partial charge in [0.2, 0.25) is 5.91 Å². The summed E-state index contributed by atoms with van der Waals surface area (Å²) >= 11 is 0. The van der Waals surface area contributed by atoms with E-state index in [9.17, 15) is 14.4 Å². The number of carbonyl (C=O) groups is 3. The molecule has 1 saturated heterocycles. The highest BCUT2D eigenvalue weighted by molar-refractivity contribution is 6.08. The summed E-state index contributed by atoms with van der Waals surface area (Å²) in [6, 6.07) is -0.479. The average Bonchev–Trinajstić information content (AvgIpc) is 2.58. The number of urea groups is 1. The Balaban J connectivity index is 2.64. The van der Waals surface area contributed by atoms with Crippen molar-refractivity contribution in [2.45, 2.75) is 52.5 Å². The van der Waals surface area contributed by atoms with Crippen LogP contribution in [0.4, 0.5) is 4.79 Å². The molecule has 1 heterocycles. The second-order valence-electron chi connectivity index (χ2n) is 5.94. The molecular weight excluding hydrogens is 258 g/mol. The maximum Gasteiger partial charge on any atom is 0.325 e. The summed E-state index contributed by atoms with van der Waals surface area (Å²) in [6.45, 7) is 8.15. The van der Waals surface area contributed by atoms with Crippen LogP contribution in [-0.2, 0) is 9.59 Å². The van der Waals surface area contributed by atoms with Crippen LogP contribution < -0.4 is 10.6 Å². The number of imide groups is 1. The van der Waals surface area contributed by atoms with Gasteiger partial charge in [0.05, 0.1) is 0 Å². The zero-order valence-corrected chi connectivity index (χ0v) is 12.8. The number of nitrogens with zero attached hydrogens (tertiary/aromatic N) is 1. The zero-order valence-electron chi connectivity index (χ0n) is 12.8. The SMILES string of the molecule is CCCNC(=O)CN1C(=O)N[C@@](C)(CCC(C)C)C1=O. The third kappa shape index (κ3) is 3.95. The summed E-state index contributed by atoms with van der Waals surface area (Å²) in [5.74, 6) is -0.156. The fourth-order valence-electron chi connectivity index (χ4n) is 2.10. The molecule has 0 bridgehead atoms. The van der Waals surface area contributed by atoms with Crippen LogP contribution >= 0.6 is 0 Å². The summed E-state index contributed by atoms with van der Waals surface area (Å²) in [4.78, 5) is 36.8. The van der Waals surface area contributed by atoms with Gasteiger partial charge in [-0.1, -0.05) is 20.8 Å².